The molecule has 1 aliphatic heterocycles. The Hall–Kier alpha value is -0.530. The minimum Gasteiger partial charge on any atom is -0.396 e. The first-order chi connectivity index (χ1) is 7.91. The minimum absolute atomic E-state index is 0.270. The Morgan fingerprint density at radius 1 is 1.29 bits per heavy atom. The Balaban J connectivity index is 2.35. The zero-order valence-electron chi connectivity index (χ0n) is 10.4. The zero-order chi connectivity index (χ0) is 12.8. The van der Waals surface area contributed by atoms with Crippen LogP contribution in [0.2, 0.25) is 0 Å². The maximum absolute atomic E-state index is 12.3. The van der Waals surface area contributed by atoms with Crippen molar-refractivity contribution < 1.29 is 28.8 Å². The van der Waals surface area contributed by atoms with Crippen LogP contribution in [-0.4, -0.2) is 55.5 Å². The van der Waals surface area contributed by atoms with Crippen LogP contribution >= 0.6 is 0 Å². The maximum Gasteiger partial charge on any atom is 0.239 e. The predicted octanol–water partition coefficient (Wildman–Crippen LogP) is -0.313. The minimum atomic E-state index is -1.47. The van der Waals surface area contributed by atoms with Crippen molar-refractivity contribution in [1.29, 1.82) is 0 Å². The molecular weight excluding hydrogens is 228 g/mol. The highest BCUT2D eigenvalue weighted by Gasteiger charge is 2.67. The molecule has 0 spiro atoms. The second kappa shape index (κ2) is 4.00. The third kappa shape index (κ3) is 1.63. The molecule has 6 heteroatoms. The van der Waals surface area contributed by atoms with Gasteiger partial charge in [0.05, 0.1) is 12.5 Å². The van der Waals surface area contributed by atoms with Gasteiger partial charge in [-0.05, 0) is 13.8 Å². The van der Waals surface area contributed by atoms with Crippen molar-refractivity contribution in [2.45, 2.75) is 37.6 Å². The second-order valence-electron chi connectivity index (χ2n) is 4.75. The normalized spacial score (nSPS) is 38.4. The fraction of sp³-hybridized carbons (Fsp3) is 0.909. The largest absolute Gasteiger partial charge is 0.396 e. The highest BCUT2D eigenvalue weighted by atomic mass is 16.8. The first kappa shape index (κ1) is 12.9. The van der Waals surface area contributed by atoms with Gasteiger partial charge in [-0.1, -0.05) is 0 Å². The molecule has 2 aliphatic rings. The third-order valence-electron chi connectivity index (χ3n) is 3.42. The number of carbonyl (C=O) groups is 1. The van der Waals surface area contributed by atoms with E-state index in [1.54, 1.807) is 13.8 Å². The molecular formula is C11H18O6. The summed E-state index contributed by atoms with van der Waals surface area (Å²) in [6.45, 7) is 3.19. The molecule has 3 atom stereocenters. The van der Waals surface area contributed by atoms with Crippen molar-refractivity contribution in [3.05, 3.63) is 0 Å². The molecule has 98 valence electrons. The van der Waals surface area contributed by atoms with Crippen molar-refractivity contribution in [2.24, 2.45) is 5.92 Å². The highest BCUT2D eigenvalue weighted by molar-refractivity contribution is 5.94. The Kier molecular flexibility index (Phi) is 3.04. The summed E-state index contributed by atoms with van der Waals surface area (Å²) in [5.74, 6) is -3.22. The molecule has 0 radical (unpaired) electrons. The Labute approximate surface area is 99.8 Å². The van der Waals surface area contributed by atoms with Crippen molar-refractivity contribution in [3.8, 4) is 0 Å². The lowest BCUT2D eigenvalue weighted by molar-refractivity contribution is -0.251. The highest BCUT2D eigenvalue weighted by Crippen LogP contribution is 2.46. The molecule has 6 nitrogen and oxygen atoms in total. The number of aliphatic hydroxyl groups excluding tert-OH is 1. The SMILES string of the molecule is COC1(OC)C(=O)[C@@H]2OC(C)(C)O[C@@H]2[C@@H]1CO. The van der Waals surface area contributed by atoms with Crippen molar-refractivity contribution in [2.75, 3.05) is 20.8 Å². The fourth-order valence-corrected chi connectivity index (χ4v) is 2.69. The van der Waals surface area contributed by atoms with E-state index in [4.69, 9.17) is 18.9 Å². The van der Waals surface area contributed by atoms with E-state index >= 15 is 0 Å². The number of methoxy groups -OCH3 is 2. The molecule has 2 fully saturated rings. The molecule has 0 aromatic heterocycles. The first-order valence-corrected chi connectivity index (χ1v) is 5.53. The molecule has 0 aromatic rings. The van der Waals surface area contributed by atoms with Gasteiger partial charge in [0.2, 0.25) is 11.6 Å². The van der Waals surface area contributed by atoms with Gasteiger partial charge in [-0.3, -0.25) is 4.79 Å². The molecule has 1 saturated carbocycles. The number of fused-ring (bicyclic) bond motifs is 1. The van der Waals surface area contributed by atoms with Gasteiger partial charge in [-0.2, -0.15) is 0 Å². The van der Waals surface area contributed by atoms with Crippen molar-refractivity contribution in [1.82, 2.24) is 0 Å². The van der Waals surface area contributed by atoms with Gasteiger partial charge < -0.3 is 24.1 Å². The van der Waals surface area contributed by atoms with Crippen LogP contribution in [0.3, 0.4) is 0 Å². The van der Waals surface area contributed by atoms with Crippen LogP contribution in [-0.2, 0) is 23.7 Å². The quantitative estimate of drug-likeness (QED) is 0.688. The lowest BCUT2D eigenvalue weighted by Crippen LogP contribution is -2.49. The molecule has 17 heavy (non-hydrogen) atoms. The van der Waals surface area contributed by atoms with Gasteiger partial charge in [0.1, 0.15) is 6.10 Å². The van der Waals surface area contributed by atoms with Crippen LogP contribution in [0.15, 0.2) is 0 Å². The average molecular weight is 246 g/mol. The molecule has 2 rings (SSSR count). The van der Waals surface area contributed by atoms with Gasteiger partial charge >= 0.3 is 0 Å². The number of hydrogen-bond acceptors (Lipinski definition) is 6. The number of Topliss-reactive ketones (excluding diaryl/α,β-unsaturated/α-hetero) is 1. The molecule has 0 bridgehead atoms. The maximum atomic E-state index is 12.3. The summed E-state index contributed by atoms with van der Waals surface area (Å²) in [6, 6.07) is 0. The van der Waals surface area contributed by atoms with E-state index < -0.39 is 29.7 Å². The van der Waals surface area contributed by atoms with E-state index in [0.717, 1.165) is 0 Å². The number of ketones is 1. The summed E-state index contributed by atoms with van der Waals surface area (Å²) in [5.41, 5.74) is 0. The molecule has 0 amide bonds. The average Bonchev–Trinajstić information content (AvgIpc) is 2.69. The summed E-state index contributed by atoms with van der Waals surface area (Å²) in [4.78, 5) is 12.3. The smallest absolute Gasteiger partial charge is 0.239 e. The Morgan fingerprint density at radius 3 is 2.35 bits per heavy atom. The van der Waals surface area contributed by atoms with E-state index in [9.17, 15) is 9.90 Å². The first-order valence-electron chi connectivity index (χ1n) is 5.53. The van der Waals surface area contributed by atoms with E-state index in [2.05, 4.69) is 0 Å². The van der Waals surface area contributed by atoms with Gasteiger partial charge in [0, 0.05) is 14.2 Å². The Morgan fingerprint density at radius 2 is 1.88 bits per heavy atom. The summed E-state index contributed by atoms with van der Waals surface area (Å²) >= 11 is 0. The van der Waals surface area contributed by atoms with E-state index in [1.165, 1.54) is 14.2 Å². The van der Waals surface area contributed by atoms with Crippen LogP contribution in [0.1, 0.15) is 13.8 Å². The molecule has 1 N–H and O–H groups in total. The zero-order valence-corrected chi connectivity index (χ0v) is 10.4. The monoisotopic (exact) mass is 246 g/mol. The topological polar surface area (TPSA) is 74.2 Å². The van der Waals surface area contributed by atoms with Gasteiger partial charge in [0.15, 0.2) is 11.9 Å². The van der Waals surface area contributed by atoms with Gasteiger partial charge in [-0.15, -0.1) is 0 Å². The number of carbonyl (C=O) groups excluding carboxylic acids is 1. The van der Waals surface area contributed by atoms with Crippen LogP contribution in [0.25, 0.3) is 0 Å². The summed E-state index contributed by atoms with van der Waals surface area (Å²) in [6.07, 6.45) is -1.29. The van der Waals surface area contributed by atoms with E-state index in [0.29, 0.717) is 0 Å². The second-order valence-corrected chi connectivity index (χ2v) is 4.75. The summed E-state index contributed by atoms with van der Waals surface area (Å²) in [5, 5.41) is 9.45. The number of hydrogen-bond donors (Lipinski definition) is 1. The van der Waals surface area contributed by atoms with Crippen LogP contribution < -0.4 is 0 Å². The number of ether oxygens (including phenoxy) is 4. The summed E-state index contributed by atoms with van der Waals surface area (Å²) in [7, 11) is 2.74. The van der Waals surface area contributed by atoms with Crippen molar-refractivity contribution >= 4 is 5.78 Å². The number of rotatable bonds is 3. The van der Waals surface area contributed by atoms with E-state index in [-0.39, 0.29) is 12.4 Å². The number of aliphatic hydroxyl groups is 1. The molecule has 1 aliphatic carbocycles. The van der Waals surface area contributed by atoms with Crippen LogP contribution in [0.5, 0.6) is 0 Å². The summed E-state index contributed by atoms with van der Waals surface area (Å²) < 4.78 is 21.5. The van der Waals surface area contributed by atoms with Crippen LogP contribution in [0.4, 0.5) is 0 Å². The third-order valence-corrected chi connectivity index (χ3v) is 3.42. The molecule has 1 saturated heterocycles. The van der Waals surface area contributed by atoms with Gasteiger partial charge in [-0.25, -0.2) is 0 Å². The van der Waals surface area contributed by atoms with Gasteiger partial charge in [0.25, 0.3) is 0 Å². The lowest BCUT2D eigenvalue weighted by Gasteiger charge is -2.32. The molecule has 1 heterocycles. The Bertz CT molecular complexity index is 322. The predicted molar refractivity (Wildman–Crippen MR) is 56.2 cm³/mol. The van der Waals surface area contributed by atoms with E-state index in [1.807, 2.05) is 0 Å². The van der Waals surface area contributed by atoms with Crippen LogP contribution in [0, 0.1) is 5.92 Å². The van der Waals surface area contributed by atoms with Crippen molar-refractivity contribution in [3.63, 3.8) is 0 Å². The lowest BCUT2D eigenvalue weighted by atomic mass is 10.0. The fourth-order valence-electron chi connectivity index (χ4n) is 2.69. The molecule has 0 unspecified atom stereocenters. The standard InChI is InChI=1S/C11H18O6/c1-10(2)16-7-6(5-12)11(14-3,15-4)9(13)8(7)17-10/h6-8,12H,5H2,1-4H3/t6-,7+,8+/m0/s1. The molecule has 0 aromatic carbocycles.